The summed E-state index contributed by atoms with van der Waals surface area (Å²) in [4.78, 5) is 8.37. The quantitative estimate of drug-likeness (QED) is 0.512. The van der Waals surface area contributed by atoms with Crippen LogP contribution in [0.1, 0.15) is 5.56 Å². The minimum atomic E-state index is 0.165. The molecule has 3 aromatic carbocycles. The number of aryl methyl sites for hydroxylation is 1. The Morgan fingerprint density at radius 3 is 2.37 bits per heavy atom. The summed E-state index contributed by atoms with van der Waals surface area (Å²) in [5.41, 5.74) is 15.4. The smallest absolute Gasteiger partial charge is 0.222 e. The van der Waals surface area contributed by atoms with Gasteiger partial charge < -0.3 is 16.2 Å². The molecular weight excluding hydrogens is 360 g/mol. The molecule has 0 saturated carbocycles. The third kappa shape index (κ3) is 3.25. The molecular formula is C21H17ClN4O. The molecule has 0 spiro atoms. The Morgan fingerprint density at radius 1 is 0.852 bits per heavy atom. The number of ether oxygens (including phenoxy) is 1. The predicted molar refractivity (Wildman–Crippen MR) is 110 cm³/mol. The van der Waals surface area contributed by atoms with Crippen molar-refractivity contribution in [2.24, 2.45) is 0 Å². The first-order chi connectivity index (χ1) is 13.0. The predicted octanol–water partition coefficient (Wildman–Crippen LogP) is 5.22. The maximum atomic E-state index is 6.11. The highest BCUT2D eigenvalue weighted by molar-refractivity contribution is 6.30. The van der Waals surface area contributed by atoms with Crippen molar-refractivity contribution in [3.63, 3.8) is 0 Å². The Morgan fingerprint density at radius 2 is 1.59 bits per heavy atom. The van der Waals surface area contributed by atoms with Crippen LogP contribution in [-0.2, 0) is 0 Å². The standard InChI is InChI=1S/C21H17ClN4O/c1-12-15(10-11-17-19(12)20(23)26-21(24)25-17)16-4-2-3-5-18(16)27-14-8-6-13(22)7-9-14/h2-11H,1H3,(H4,23,24,25,26). The molecule has 0 saturated heterocycles. The number of benzene rings is 3. The van der Waals surface area contributed by atoms with Crippen molar-refractivity contribution in [1.82, 2.24) is 9.97 Å². The van der Waals surface area contributed by atoms with Gasteiger partial charge in [0.25, 0.3) is 0 Å². The van der Waals surface area contributed by atoms with Crippen molar-refractivity contribution in [3.05, 3.63) is 71.2 Å². The first-order valence-corrected chi connectivity index (χ1v) is 8.76. The summed E-state index contributed by atoms with van der Waals surface area (Å²) in [7, 11) is 0. The minimum Gasteiger partial charge on any atom is -0.457 e. The number of nitrogens with two attached hydrogens (primary N) is 2. The van der Waals surface area contributed by atoms with Gasteiger partial charge in [0.15, 0.2) is 0 Å². The van der Waals surface area contributed by atoms with E-state index in [2.05, 4.69) is 9.97 Å². The zero-order valence-electron chi connectivity index (χ0n) is 14.6. The Hall–Kier alpha value is -3.31. The Labute approximate surface area is 161 Å². The lowest BCUT2D eigenvalue weighted by atomic mass is 9.96. The van der Waals surface area contributed by atoms with Crippen molar-refractivity contribution < 1.29 is 4.74 Å². The van der Waals surface area contributed by atoms with Crippen LogP contribution >= 0.6 is 11.6 Å². The number of hydrogen-bond donors (Lipinski definition) is 2. The summed E-state index contributed by atoms with van der Waals surface area (Å²) < 4.78 is 6.09. The highest BCUT2D eigenvalue weighted by Gasteiger charge is 2.14. The molecule has 0 bridgehead atoms. The first kappa shape index (κ1) is 17.1. The second-order valence-corrected chi connectivity index (χ2v) is 6.59. The van der Waals surface area contributed by atoms with E-state index in [4.69, 9.17) is 27.8 Å². The van der Waals surface area contributed by atoms with E-state index < -0.39 is 0 Å². The van der Waals surface area contributed by atoms with Gasteiger partial charge in [0.1, 0.15) is 17.3 Å². The monoisotopic (exact) mass is 376 g/mol. The zero-order valence-corrected chi connectivity index (χ0v) is 15.4. The number of nitrogen functional groups attached to an aromatic ring is 2. The maximum absolute atomic E-state index is 6.11. The van der Waals surface area contributed by atoms with Crippen LogP contribution in [0.25, 0.3) is 22.0 Å². The van der Waals surface area contributed by atoms with E-state index >= 15 is 0 Å². The SMILES string of the molecule is Cc1c(-c2ccccc2Oc2ccc(Cl)cc2)ccc2nc(N)nc(N)c12. The van der Waals surface area contributed by atoms with Gasteiger partial charge in [0.2, 0.25) is 5.95 Å². The molecule has 0 fully saturated rings. The molecule has 6 heteroatoms. The minimum absolute atomic E-state index is 0.165. The number of fused-ring (bicyclic) bond motifs is 1. The van der Waals surface area contributed by atoms with E-state index in [1.807, 2.05) is 55.5 Å². The van der Waals surface area contributed by atoms with Crippen LogP contribution in [0.15, 0.2) is 60.7 Å². The molecule has 5 nitrogen and oxygen atoms in total. The largest absolute Gasteiger partial charge is 0.457 e. The molecule has 27 heavy (non-hydrogen) atoms. The molecule has 4 aromatic rings. The third-order valence-corrected chi connectivity index (χ3v) is 4.64. The van der Waals surface area contributed by atoms with E-state index in [1.165, 1.54) is 0 Å². The van der Waals surface area contributed by atoms with Gasteiger partial charge in [-0.25, -0.2) is 4.98 Å². The summed E-state index contributed by atoms with van der Waals surface area (Å²) in [6.45, 7) is 1.99. The second-order valence-electron chi connectivity index (χ2n) is 6.15. The maximum Gasteiger partial charge on any atom is 0.222 e. The molecule has 1 heterocycles. The zero-order chi connectivity index (χ0) is 19.0. The number of hydrogen-bond acceptors (Lipinski definition) is 5. The van der Waals surface area contributed by atoms with Gasteiger partial charge in [-0.05, 0) is 54.4 Å². The number of para-hydroxylation sites is 1. The lowest BCUT2D eigenvalue weighted by Crippen LogP contribution is -2.02. The fourth-order valence-corrected chi connectivity index (χ4v) is 3.27. The lowest BCUT2D eigenvalue weighted by Gasteiger charge is -2.15. The summed E-state index contributed by atoms with van der Waals surface area (Å²) in [5, 5.41) is 1.46. The molecule has 0 aliphatic carbocycles. The molecule has 0 atom stereocenters. The molecule has 0 aliphatic rings. The molecule has 0 radical (unpaired) electrons. The van der Waals surface area contributed by atoms with Gasteiger partial charge in [-0.15, -0.1) is 0 Å². The van der Waals surface area contributed by atoms with Crippen molar-refractivity contribution in [2.75, 3.05) is 11.5 Å². The molecule has 0 amide bonds. The highest BCUT2D eigenvalue weighted by atomic mass is 35.5. The van der Waals surface area contributed by atoms with E-state index in [0.29, 0.717) is 16.6 Å². The van der Waals surface area contributed by atoms with E-state index in [0.717, 1.165) is 33.3 Å². The number of rotatable bonds is 3. The number of nitrogens with zero attached hydrogens (tertiary/aromatic N) is 2. The fraction of sp³-hybridized carbons (Fsp3) is 0.0476. The van der Waals surface area contributed by atoms with Crippen LogP contribution in [0.4, 0.5) is 11.8 Å². The van der Waals surface area contributed by atoms with Gasteiger partial charge in [-0.3, -0.25) is 0 Å². The van der Waals surface area contributed by atoms with E-state index in [-0.39, 0.29) is 5.95 Å². The van der Waals surface area contributed by atoms with E-state index in [1.54, 1.807) is 12.1 Å². The van der Waals surface area contributed by atoms with Gasteiger partial charge >= 0.3 is 0 Å². The summed E-state index contributed by atoms with van der Waals surface area (Å²) in [5.74, 6) is 1.98. The average molecular weight is 377 g/mol. The summed E-state index contributed by atoms with van der Waals surface area (Å²) >= 11 is 5.96. The third-order valence-electron chi connectivity index (χ3n) is 4.39. The van der Waals surface area contributed by atoms with Crippen LogP contribution in [0.5, 0.6) is 11.5 Å². The molecule has 0 unspecified atom stereocenters. The van der Waals surface area contributed by atoms with Crippen molar-refractivity contribution in [1.29, 1.82) is 0 Å². The summed E-state index contributed by atoms with van der Waals surface area (Å²) in [6, 6.07) is 19.0. The molecule has 1 aromatic heterocycles. The van der Waals surface area contributed by atoms with Crippen molar-refractivity contribution in [3.8, 4) is 22.6 Å². The van der Waals surface area contributed by atoms with E-state index in [9.17, 15) is 0 Å². The molecule has 0 aliphatic heterocycles. The fourth-order valence-electron chi connectivity index (χ4n) is 3.14. The van der Waals surface area contributed by atoms with Crippen LogP contribution < -0.4 is 16.2 Å². The van der Waals surface area contributed by atoms with Gasteiger partial charge in [0, 0.05) is 16.0 Å². The molecule has 134 valence electrons. The highest BCUT2D eigenvalue weighted by Crippen LogP contribution is 2.38. The van der Waals surface area contributed by atoms with Gasteiger partial charge in [-0.1, -0.05) is 35.9 Å². The molecule has 4 N–H and O–H groups in total. The summed E-state index contributed by atoms with van der Waals surface area (Å²) in [6.07, 6.45) is 0. The number of anilines is 2. The van der Waals surface area contributed by atoms with Crippen LogP contribution in [0.2, 0.25) is 5.02 Å². The Kier molecular flexibility index (Phi) is 4.30. The average Bonchev–Trinajstić information content (AvgIpc) is 2.64. The lowest BCUT2D eigenvalue weighted by molar-refractivity contribution is 0.484. The van der Waals surface area contributed by atoms with Crippen LogP contribution in [-0.4, -0.2) is 9.97 Å². The van der Waals surface area contributed by atoms with Gasteiger partial charge in [-0.2, -0.15) is 4.98 Å². The van der Waals surface area contributed by atoms with Crippen LogP contribution in [0.3, 0.4) is 0 Å². The van der Waals surface area contributed by atoms with Crippen LogP contribution in [0, 0.1) is 6.92 Å². The number of aromatic nitrogens is 2. The van der Waals surface area contributed by atoms with Gasteiger partial charge in [0.05, 0.1) is 5.52 Å². The van der Waals surface area contributed by atoms with Crippen molar-refractivity contribution in [2.45, 2.75) is 6.92 Å². The first-order valence-electron chi connectivity index (χ1n) is 8.38. The second kappa shape index (κ2) is 6.78. The Balaban J connectivity index is 1.84. The normalized spacial score (nSPS) is 10.9. The number of halogens is 1. The topological polar surface area (TPSA) is 87.0 Å². The van der Waals surface area contributed by atoms with Crippen molar-refractivity contribution >= 4 is 34.3 Å². The molecule has 4 rings (SSSR count). The Bertz CT molecular complexity index is 1140.